The van der Waals surface area contributed by atoms with E-state index in [4.69, 9.17) is 16.7 Å². The molecule has 2 aromatic carbocycles. The first kappa shape index (κ1) is 22.1. The van der Waals surface area contributed by atoms with Gasteiger partial charge in [-0.2, -0.15) is 21.9 Å². The molecule has 0 amide bonds. The second-order valence-corrected chi connectivity index (χ2v) is 9.94. The molecule has 0 unspecified atom stereocenters. The Morgan fingerprint density at radius 2 is 1.81 bits per heavy atom. The Balaban J connectivity index is 0.00000261. The predicted molar refractivity (Wildman–Crippen MR) is 114 cm³/mol. The van der Waals surface area contributed by atoms with Gasteiger partial charge in [0.15, 0.2) is 0 Å². The third-order valence-electron chi connectivity index (χ3n) is 3.48. The van der Waals surface area contributed by atoms with Gasteiger partial charge >= 0.3 is 0 Å². The molecule has 0 atom stereocenters. The van der Waals surface area contributed by atoms with Crippen molar-refractivity contribution in [2.24, 2.45) is 9.54 Å². The first-order valence-corrected chi connectivity index (χ1v) is 11.8. The quantitative estimate of drug-likeness (QED) is 0.700. The summed E-state index contributed by atoms with van der Waals surface area (Å²) in [5, 5.41) is 7.79. The van der Waals surface area contributed by atoms with Crippen molar-refractivity contribution in [3.8, 4) is 0 Å². The molecule has 0 saturated carbocycles. The normalized spacial score (nSPS) is 15.1. The number of amidine groups is 1. The van der Waals surface area contributed by atoms with Crippen LogP contribution in [0.4, 0.5) is 5.69 Å². The molecule has 3 rings (SSSR count). The molecule has 3 N–H and O–H groups in total. The number of fused-ring (bicyclic) bond motifs is 1. The number of rotatable bonds is 5. The van der Waals surface area contributed by atoms with Crippen LogP contribution in [0.3, 0.4) is 0 Å². The summed E-state index contributed by atoms with van der Waals surface area (Å²) in [5.41, 5.74) is 1.28. The Morgan fingerprint density at radius 3 is 2.44 bits per heavy atom. The molecule has 146 valence electrons. The van der Waals surface area contributed by atoms with Gasteiger partial charge in [0.25, 0.3) is 10.0 Å². The van der Waals surface area contributed by atoms with Gasteiger partial charge in [-0.25, -0.2) is 13.6 Å². The van der Waals surface area contributed by atoms with Crippen LogP contribution in [0, 0.1) is 0 Å². The van der Waals surface area contributed by atoms with Crippen molar-refractivity contribution in [3.63, 3.8) is 0 Å². The van der Waals surface area contributed by atoms with E-state index in [1.54, 1.807) is 0 Å². The molecule has 27 heavy (non-hydrogen) atoms. The number of nitrogens with two attached hydrogens (primary N) is 1. The molecule has 7 nitrogen and oxygen atoms in total. The maximum absolute atomic E-state index is 12.4. The van der Waals surface area contributed by atoms with Crippen molar-refractivity contribution >= 4 is 68.4 Å². The average Bonchev–Trinajstić information content (AvgIpc) is 2.53. The molecule has 0 radical (unpaired) electrons. The number of anilines is 1. The summed E-state index contributed by atoms with van der Waals surface area (Å²) in [6, 6.07) is 11.9. The summed E-state index contributed by atoms with van der Waals surface area (Å²) in [7, 11) is -8.20. The molecule has 2 aromatic rings. The summed E-state index contributed by atoms with van der Waals surface area (Å²) in [5.74, 6) is 1.28. The minimum absolute atomic E-state index is 0. The number of thioether (sulfide) groups is 1. The van der Waals surface area contributed by atoms with E-state index in [-0.39, 0.29) is 34.9 Å². The molecule has 1 aliphatic heterocycles. The SMILES string of the molecule is NS(=O)(=O)c1cc2c(cc1Cl)NC(CSCc1ccccc1)=NS2(=O)=O.S. The van der Waals surface area contributed by atoms with Gasteiger partial charge in [0.2, 0.25) is 10.0 Å². The van der Waals surface area contributed by atoms with Crippen molar-refractivity contribution in [3.05, 3.63) is 53.1 Å². The fourth-order valence-corrected chi connectivity index (χ4v) is 5.61. The number of hydrogen-bond donors (Lipinski definition) is 2. The third kappa shape index (κ3) is 5.18. The zero-order valence-electron chi connectivity index (χ0n) is 13.7. The molecule has 0 aliphatic carbocycles. The minimum atomic E-state index is -4.15. The van der Waals surface area contributed by atoms with Gasteiger partial charge in [0.1, 0.15) is 15.6 Å². The molecule has 0 spiro atoms. The van der Waals surface area contributed by atoms with E-state index in [1.807, 2.05) is 30.3 Å². The first-order valence-electron chi connectivity index (χ1n) is 7.26. The summed E-state index contributed by atoms with van der Waals surface area (Å²) < 4.78 is 51.6. The monoisotopic (exact) mass is 465 g/mol. The third-order valence-corrected chi connectivity index (χ3v) is 7.22. The smallest absolute Gasteiger partial charge is 0.286 e. The second-order valence-electron chi connectivity index (χ2n) is 5.44. The van der Waals surface area contributed by atoms with Crippen LogP contribution in [0.15, 0.2) is 56.7 Å². The second kappa shape index (κ2) is 8.41. The highest BCUT2D eigenvalue weighted by molar-refractivity contribution is 7.99. The van der Waals surface area contributed by atoms with Gasteiger partial charge in [-0.15, -0.1) is 16.2 Å². The van der Waals surface area contributed by atoms with Crippen LogP contribution in [-0.4, -0.2) is 28.4 Å². The Labute approximate surface area is 174 Å². The van der Waals surface area contributed by atoms with E-state index in [1.165, 1.54) is 17.8 Å². The number of hydrogen-bond acceptors (Lipinski definition) is 6. The van der Waals surface area contributed by atoms with Gasteiger partial charge in [-0.05, 0) is 17.7 Å². The molecule has 0 fully saturated rings. The summed E-state index contributed by atoms with van der Waals surface area (Å²) in [6.07, 6.45) is 0. The fraction of sp³-hybridized carbons (Fsp3) is 0.133. The van der Waals surface area contributed by atoms with Crippen LogP contribution in [0.25, 0.3) is 0 Å². The van der Waals surface area contributed by atoms with Gasteiger partial charge in [0, 0.05) is 5.75 Å². The predicted octanol–water partition coefficient (Wildman–Crippen LogP) is 2.55. The van der Waals surface area contributed by atoms with E-state index in [0.29, 0.717) is 11.5 Å². The number of sulfonamides is 2. The van der Waals surface area contributed by atoms with E-state index in [9.17, 15) is 16.8 Å². The zero-order valence-corrected chi connectivity index (χ0v) is 17.9. The average molecular weight is 466 g/mol. The standard InChI is InChI=1S/C15H14ClN3O4S3.H2S/c16-11-6-12-14(7-13(11)25(17,20)21)26(22,23)19-15(18-12)9-24-8-10-4-2-1-3-5-10;/h1-7H,8-9H2,(H,18,19)(H2,17,20,21);1H2. The molecule has 0 bridgehead atoms. The Kier molecular flexibility index (Phi) is 6.87. The lowest BCUT2D eigenvalue weighted by Gasteiger charge is -2.19. The van der Waals surface area contributed by atoms with E-state index >= 15 is 0 Å². The highest BCUT2D eigenvalue weighted by Crippen LogP contribution is 2.34. The van der Waals surface area contributed by atoms with Crippen LogP contribution in [0.5, 0.6) is 0 Å². The number of primary sulfonamides is 1. The lowest BCUT2D eigenvalue weighted by atomic mass is 10.2. The molecule has 1 aliphatic rings. The molecule has 0 aromatic heterocycles. The van der Waals surface area contributed by atoms with Gasteiger partial charge in [-0.1, -0.05) is 41.9 Å². The molecular formula is C15H16ClN3O4S4. The lowest BCUT2D eigenvalue weighted by molar-refractivity contribution is 0.596. The fourth-order valence-electron chi connectivity index (χ4n) is 2.34. The Hall–Kier alpha value is -1.24. The highest BCUT2D eigenvalue weighted by Gasteiger charge is 2.28. The van der Waals surface area contributed by atoms with Crippen LogP contribution < -0.4 is 10.5 Å². The van der Waals surface area contributed by atoms with Crippen molar-refractivity contribution in [1.29, 1.82) is 0 Å². The van der Waals surface area contributed by atoms with Crippen LogP contribution >= 0.6 is 36.9 Å². The van der Waals surface area contributed by atoms with Crippen molar-refractivity contribution in [2.75, 3.05) is 11.1 Å². The van der Waals surface area contributed by atoms with Crippen molar-refractivity contribution in [2.45, 2.75) is 15.5 Å². The highest BCUT2D eigenvalue weighted by atomic mass is 35.5. The van der Waals surface area contributed by atoms with Crippen molar-refractivity contribution in [1.82, 2.24) is 0 Å². The summed E-state index contributed by atoms with van der Waals surface area (Å²) >= 11 is 7.43. The summed E-state index contributed by atoms with van der Waals surface area (Å²) in [6.45, 7) is 0. The molecular weight excluding hydrogens is 450 g/mol. The largest absolute Gasteiger partial charge is 0.341 e. The maximum atomic E-state index is 12.4. The van der Waals surface area contributed by atoms with Crippen LogP contribution in [0.1, 0.15) is 5.56 Å². The molecule has 1 heterocycles. The first-order chi connectivity index (χ1) is 12.2. The Bertz CT molecular complexity index is 1090. The van der Waals surface area contributed by atoms with Gasteiger partial charge < -0.3 is 5.32 Å². The van der Waals surface area contributed by atoms with Crippen LogP contribution in [0.2, 0.25) is 5.02 Å². The topological polar surface area (TPSA) is 119 Å². The van der Waals surface area contributed by atoms with Gasteiger partial charge in [-0.3, -0.25) is 0 Å². The Morgan fingerprint density at radius 1 is 1.15 bits per heavy atom. The number of halogens is 1. The molecule has 0 saturated heterocycles. The van der Waals surface area contributed by atoms with E-state index in [0.717, 1.165) is 11.6 Å². The van der Waals surface area contributed by atoms with Gasteiger partial charge in [0.05, 0.1) is 16.5 Å². The van der Waals surface area contributed by atoms with Crippen LogP contribution in [-0.2, 0) is 25.8 Å². The minimum Gasteiger partial charge on any atom is -0.341 e. The van der Waals surface area contributed by atoms with E-state index in [2.05, 4.69) is 9.71 Å². The van der Waals surface area contributed by atoms with Crippen molar-refractivity contribution < 1.29 is 16.8 Å². The lowest BCUT2D eigenvalue weighted by Crippen LogP contribution is -2.24. The number of nitrogens with zero attached hydrogens (tertiary/aromatic N) is 1. The summed E-state index contributed by atoms with van der Waals surface area (Å²) in [4.78, 5) is -0.733. The zero-order chi connectivity index (χ0) is 18.9. The number of benzene rings is 2. The van der Waals surface area contributed by atoms with E-state index < -0.39 is 24.9 Å². The molecule has 12 heteroatoms. The maximum Gasteiger partial charge on any atom is 0.286 e. The number of nitrogens with one attached hydrogen (secondary N) is 1.